The van der Waals surface area contributed by atoms with E-state index in [1.807, 2.05) is 19.9 Å². The molecule has 3 aromatic rings. The zero-order valence-electron chi connectivity index (χ0n) is 16.3. The van der Waals surface area contributed by atoms with Gasteiger partial charge in [0.1, 0.15) is 5.82 Å². The molecule has 6 nitrogen and oxygen atoms in total. The number of anilines is 1. The van der Waals surface area contributed by atoms with Crippen LogP contribution in [0.3, 0.4) is 0 Å². The summed E-state index contributed by atoms with van der Waals surface area (Å²) in [6.45, 7) is 4.33. The third kappa shape index (κ3) is 4.81. The third-order valence-electron chi connectivity index (χ3n) is 4.68. The highest BCUT2D eigenvalue weighted by Gasteiger charge is 2.16. The molecule has 0 saturated heterocycles. The van der Waals surface area contributed by atoms with Crippen LogP contribution in [0.25, 0.3) is 11.3 Å². The summed E-state index contributed by atoms with van der Waals surface area (Å²) in [5, 5.41) is 3.17. The largest absolute Gasteiger partial charge is 0.350 e. The normalized spacial score (nSPS) is 13.1. The number of nitrogens with one attached hydrogen (secondary N) is 1. The van der Waals surface area contributed by atoms with E-state index < -0.39 is 5.82 Å². The Balaban J connectivity index is 1.93. The number of rotatable bonds is 7. The minimum Gasteiger partial charge on any atom is -0.350 e. The Hall–Kier alpha value is -2.77. The average molecular weight is 416 g/mol. The Bertz CT molecular complexity index is 1060. The van der Waals surface area contributed by atoms with Crippen LogP contribution in [0.2, 0.25) is 5.02 Å². The van der Waals surface area contributed by atoms with Crippen molar-refractivity contribution in [3.05, 3.63) is 75.5 Å². The standard InChI is InChI=1S/C21H23ClFN5O/c1-3-19(15-4-5-16(22)17(23)10-15)28-9-7-14(11-20(28)29)18-6-8-25-21(27-18)26-13(2)12-24/h4-11,13,19H,3,12,24H2,1-2H3,(H,25,26,27)/t13-,19-/m1/s1. The molecule has 3 N–H and O–H groups in total. The molecule has 0 fully saturated rings. The Labute approximate surface area is 173 Å². The van der Waals surface area contributed by atoms with Gasteiger partial charge in [-0.3, -0.25) is 4.79 Å². The highest BCUT2D eigenvalue weighted by atomic mass is 35.5. The maximum absolute atomic E-state index is 13.9. The molecule has 152 valence electrons. The summed E-state index contributed by atoms with van der Waals surface area (Å²) in [4.78, 5) is 21.5. The number of nitrogens with zero attached hydrogens (tertiary/aromatic N) is 3. The molecule has 0 saturated carbocycles. The van der Waals surface area contributed by atoms with Crippen molar-refractivity contribution in [2.24, 2.45) is 5.73 Å². The van der Waals surface area contributed by atoms with Crippen LogP contribution in [-0.2, 0) is 0 Å². The van der Waals surface area contributed by atoms with Crippen molar-refractivity contribution in [2.45, 2.75) is 32.4 Å². The second kappa shape index (κ2) is 9.15. The first-order valence-electron chi connectivity index (χ1n) is 9.40. The summed E-state index contributed by atoms with van der Waals surface area (Å²) in [7, 11) is 0. The van der Waals surface area contributed by atoms with Crippen LogP contribution in [0.15, 0.2) is 53.6 Å². The van der Waals surface area contributed by atoms with Gasteiger partial charge in [0.25, 0.3) is 5.56 Å². The lowest BCUT2D eigenvalue weighted by atomic mass is 10.0. The average Bonchev–Trinajstić information content (AvgIpc) is 2.72. The predicted molar refractivity (Wildman–Crippen MR) is 114 cm³/mol. The van der Waals surface area contributed by atoms with Gasteiger partial charge in [-0.1, -0.05) is 24.6 Å². The fraction of sp³-hybridized carbons (Fsp3) is 0.286. The van der Waals surface area contributed by atoms with E-state index in [9.17, 15) is 9.18 Å². The van der Waals surface area contributed by atoms with Crippen molar-refractivity contribution in [1.29, 1.82) is 0 Å². The van der Waals surface area contributed by atoms with Gasteiger partial charge in [0, 0.05) is 36.6 Å². The quantitative estimate of drug-likeness (QED) is 0.612. The molecule has 0 aliphatic carbocycles. The smallest absolute Gasteiger partial charge is 0.251 e. The number of aromatic nitrogens is 3. The molecule has 0 amide bonds. The van der Waals surface area contributed by atoms with E-state index in [0.29, 0.717) is 35.7 Å². The van der Waals surface area contributed by atoms with Crippen molar-refractivity contribution < 1.29 is 4.39 Å². The monoisotopic (exact) mass is 415 g/mol. The summed E-state index contributed by atoms with van der Waals surface area (Å²) < 4.78 is 15.5. The van der Waals surface area contributed by atoms with Gasteiger partial charge in [-0.15, -0.1) is 0 Å². The van der Waals surface area contributed by atoms with Crippen molar-refractivity contribution in [2.75, 3.05) is 11.9 Å². The Morgan fingerprint density at radius 2 is 2.07 bits per heavy atom. The Kier molecular flexibility index (Phi) is 6.61. The van der Waals surface area contributed by atoms with Gasteiger partial charge in [0.2, 0.25) is 5.95 Å². The number of halogens is 2. The van der Waals surface area contributed by atoms with Gasteiger partial charge in [-0.25, -0.2) is 14.4 Å². The molecule has 29 heavy (non-hydrogen) atoms. The minimum atomic E-state index is -0.500. The van der Waals surface area contributed by atoms with Crippen LogP contribution in [-0.4, -0.2) is 27.1 Å². The lowest BCUT2D eigenvalue weighted by Gasteiger charge is -2.19. The molecular weight excluding hydrogens is 393 g/mol. The van der Waals surface area contributed by atoms with E-state index in [1.165, 1.54) is 18.2 Å². The molecule has 0 unspecified atom stereocenters. The number of pyridine rings is 1. The van der Waals surface area contributed by atoms with Crippen molar-refractivity contribution in [3.8, 4) is 11.3 Å². The van der Waals surface area contributed by atoms with Gasteiger partial charge in [0.15, 0.2) is 0 Å². The number of hydrogen-bond acceptors (Lipinski definition) is 5. The van der Waals surface area contributed by atoms with Crippen LogP contribution in [0, 0.1) is 5.82 Å². The van der Waals surface area contributed by atoms with Crippen molar-refractivity contribution in [1.82, 2.24) is 14.5 Å². The van der Waals surface area contributed by atoms with Crippen LogP contribution in [0.5, 0.6) is 0 Å². The first kappa shape index (κ1) is 21.0. The third-order valence-corrected chi connectivity index (χ3v) is 4.99. The molecule has 1 aromatic carbocycles. The second-order valence-electron chi connectivity index (χ2n) is 6.81. The van der Waals surface area contributed by atoms with E-state index in [-0.39, 0.29) is 22.7 Å². The molecule has 2 aromatic heterocycles. The maximum atomic E-state index is 13.9. The highest BCUT2D eigenvalue weighted by Crippen LogP contribution is 2.25. The predicted octanol–water partition coefficient (Wildman–Crippen LogP) is 3.86. The van der Waals surface area contributed by atoms with Gasteiger partial charge in [-0.05, 0) is 43.2 Å². The maximum Gasteiger partial charge on any atom is 0.251 e. The Morgan fingerprint density at radius 1 is 1.28 bits per heavy atom. The summed E-state index contributed by atoms with van der Waals surface area (Å²) in [6, 6.07) is 9.43. The van der Waals surface area contributed by atoms with Gasteiger partial charge >= 0.3 is 0 Å². The summed E-state index contributed by atoms with van der Waals surface area (Å²) in [5.74, 6) is -0.0484. The van der Waals surface area contributed by atoms with Gasteiger partial charge < -0.3 is 15.6 Å². The van der Waals surface area contributed by atoms with E-state index in [0.717, 1.165) is 0 Å². The molecule has 0 aliphatic heterocycles. The molecule has 0 aliphatic rings. The highest BCUT2D eigenvalue weighted by molar-refractivity contribution is 6.30. The lowest BCUT2D eigenvalue weighted by Crippen LogP contribution is -2.26. The topological polar surface area (TPSA) is 85.8 Å². The summed E-state index contributed by atoms with van der Waals surface area (Å²) >= 11 is 5.78. The Morgan fingerprint density at radius 3 is 2.72 bits per heavy atom. The molecule has 3 rings (SSSR count). The van der Waals surface area contributed by atoms with Gasteiger partial charge in [-0.2, -0.15) is 0 Å². The number of hydrogen-bond donors (Lipinski definition) is 2. The lowest BCUT2D eigenvalue weighted by molar-refractivity contribution is 0.541. The SMILES string of the molecule is CC[C@H](c1ccc(Cl)c(F)c1)n1ccc(-c2ccnc(N[C@H](C)CN)n2)cc1=O. The summed E-state index contributed by atoms with van der Waals surface area (Å²) in [5.41, 5.74) is 7.41. The molecular formula is C21H23ClFN5O. The van der Waals surface area contributed by atoms with E-state index in [2.05, 4.69) is 15.3 Å². The molecule has 0 radical (unpaired) electrons. The first-order valence-corrected chi connectivity index (χ1v) is 9.78. The molecule has 0 bridgehead atoms. The second-order valence-corrected chi connectivity index (χ2v) is 7.21. The van der Waals surface area contributed by atoms with Crippen molar-refractivity contribution >= 4 is 17.5 Å². The van der Waals surface area contributed by atoms with Crippen LogP contribution in [0.4, 0.5) is 10.3 Å². The number of benzene rings is 1. The van der Waals surface area contributed by atoms with Crippen molar-refractivity contribution in [3.63, 3.8) is 0 Å². The van der Waals surface area contributed by atoms with E-state index >= 15 is 0 Å². The summed E-state index contributed by atoms with van der Waals surface area (Å²) in [6.07, 6.45) is 3.96. The van der Waals surface area contributed by atoms with Gasteiger partial charge in [0.05, 0.1) is 16.8 Å². The van der Waals surface area contributed by atoms with Crippen LogP contribution >= 0.6 is 11.6 Å². The first-order chi connectivity index (χ1) is 13.9. The number of nitrogens with two attached hydrogens (primary N) is 1. The molecule has 2 atom stereocenters. The zero-order chi connectivity index (χ0) is 21.0. The minimum absolute atomic E-state index is 0.0309. The molecule has 0 spiro atoms. The fourth-order valence-electron chi connectivity index (χ4n) is 3.09. The molecule has 8 heteroatoms. The van der Waals surface area contributed by atoms with Crippen LogP contribution in [0.1, 0.15) is 31.9 Å². The van der Waals surface area contributed by atoms with Crippen LogP contribution < -0.4 is 16.6 Å². The zero-order valence-corrected chi connectivity index (χ0v) is 17.0. The fourth-order valence-corrected chi connectivity index (χ4v) is 3.21. The van der Waals surface area contributed by atoms with E-state index in [4.69, 9.17) is 17.3 Å². The molecule has 2 heterocycles. The van der Waals surface area contributed by atoms with E-state index in [1.54, 1.807) is 29.1 Å².